The Bertz CT molecular complexity index is 658. The van der Waals surface area contributed by atoms with Crippen LogP contribution in [0.1, 0.15) is 5.56 Å². The Kier molecular flexibility index (Phi) is 5.11. The largest absolute Gasteiger partial charge is 0.495 e. The second kappa shape index (κ2) is 7.25. The van der Waals surface area contributed by atoms with Gasteiger partial charge in [0, 0.05) is 5.69 Å². The van der Waals surface area contributed by atoms with Crippen molar-refractivity contribution in [3.05, 3.63) is 54.1 Å². The molecule has 0 radical (unpaired) electrons. The number of nitrogens with one attached hydrogen (secondary N) is 2. The van der Waals surface area contributed by atoms with Gasteiger partial charge >= 0.3 is 0 Å². The van der Waals surface area contributed by atoms with E-state index in [0.29, 0.717) is 16.5 Å². The zero-order chi connectivity index (χ0) is 15.1. The summed E-state index contributed by atoms with van der Waals surface area (Å²) in [5, 5.41) is 7.45. The van der Waals surface area contributed by atoms with Gasteiger partial charge < -0.3 is 15.8 Å². The van der Waals surface area contributed by atoms with Crippen LogP contribution >= 0.6 is 12.2 Å². The first-order valence-electron chi connectivity index (χ1n) is 6.27. The third-order valence-electron chi connectivity index (χ3n) is 2.65. The maximum atomic E-state index is 5.69. The molecule has 0 saturated heterocycles. The normalized spacial score (nSPS) is 10.3. The summed E-state index contributed by atoms with van der Waals surface area (Å²) in [5.74, 6) is 0.710. The zero-order valence-electron chi connectivity index (χ0n) is 11.5. The standard InChI is InChI=1S/C15H16N4OS/c1-20-14-8-3-2-7-13(14)18-15(21)19-17-10-11-5-4-6-12(16)9-11/h2-10H,16H2,1H3,(H2,18,19,21). The molecular weight excluding hydrogens is 284 g/mol. The Hall–Kier alpha value is -2.60. The van der Waals surface area contributed by atoms with Crippen molar-refractivity contribution in [3.63, 3.8) is 0 Å². The lowest BCUT2D eigenvalue weighted by Crippen LogP contribution is -2.24. The minimum atomic E-state index is 0.375. The Morgan fingerprint density at radius 2 is 2.05 bits per heavy atom. The maximum absolute atomic E-state index is 5.69. The van der Waals surface area contributed by atoms with Crippen LogP contribution in [-0.2, 0) is 0 Å². The molecule has 0 saturated carbocycles. The van der Waals surface area contributed by atoms with Crippen LogP contribution in [0.3, 0.4) is 0 Å². The molecule has 0 spiro atoms. The molecule has 0 unspecified atom stereocenters. The highest BCUT2D eigenvalue weighted by molar-refractivity contribution is 7.80. The molecule has 4 N–H and O–H groups in total. The van der Waals surface area contributed by atoms with Gasteiger partial charge in [0.15, 0.2) is 5.11 Å². The number of nitrogens with two attached hydrogens (primary N) is 1. The van der Waals surface area contributed by atoms with Gasteiger partial charge in [-0.1, -0.05) is 24.3 Å². The summed E-state index contributed by atoms with van der Waals surface area (Å²) in [5.41, 5.74) is 10.8. The first kappa shape index (κ1) is 14.8. The minimum Gasteiger partial charge on any atom is -0.495 e. The summed E-state index contributed by atoms with van der Waals surface area (Å²) in [6, 6.07) is 14.9. The van der Waals surface area contributed by atoms with E-state index >= 15 is 0 Å². The number of thiocarbonyl (C=S) groups is 1. The lowest BCUT2D eigenvalue weighted by atomic mass is 10.2. The van der Waals surface area contributed by atoms with E-state index in [4.69, 9.17) is 22.7 Å². The molecule has 0 fully saturated rings. The van der Waals surface area contributed by atoms with Gasteiger partial charge in [-0.3, -0.25) is 5.43 Å². The van der Waals surface area contributed by atoms with Crippen LogP contribution < -0.4 is 21.2 Å². The number of anilines is 2. The second-order valence-electron chi connectivity index (χ2n) is 4.19. The van der Waals surface area contributed by atoms with Crippen LogP contribution in [0.15, 0.2) is 53.6 Å². The van der Waals surface area contributed by atoms with Crippen molar-refractivity contribution in [2.75, 3.05) is 18.2 Å². The van der Waals surface area contributed by atoms with E-state index in [1.54, 1.807) is 13.3 Å². The Labute approximate surface area is 128 Å². The molecule has 0 aliphatic carbocycles. The summed E-state index contributed by atoms with van der Waals surface area (Å²) in [6.07, 6.45) is 1.65. The Balaban J connectivity index is 1.93. The number of hydrogen-bond donors (Lipinski definition) is 3. The van der Waals surface area contributed by atoms with E-state index in [1.165, 1.54) is 0 Å². The highest BCUT2D eigenvalue weighted by Crippen LogP contribution is 2.22. The molecule has 6 heteroatoms. The fraction of sp³-hybridized carbons (Fsp3) is 0.0667. The lowest BCUT2D eigenvalue weighted by Gasteiger charge is -2.10. The smallest absolute Gasteiger partial charge is 0.191 e. The molecule has 108 valence electrons. The van der Waals surface area contributed by atoms with Crippen LogP contribution in [0.2, 0.25) is 0 Å². The Morgan fingerprint density at radius 3 is 2.81 bits per heavy atom. The number of nitrogens with zero attached hydrogens (tertiary/aromatic N) is 1. The highest BCUT2D eigenvalue weighted by atomic mass is 32.1. The number of nitrogen functional groups attached to an aromatic ring is 1. The number of benzene rings is 2. The summed E-state index contributed by atoms with van der Waals surface area (Å²) in [6.45, 7) is 0. The van der Waals surface area contributed by atoms with E-state index in [2.05, 4.69) is 15.8 Å². The third kappa shape index (κ3) is 4.47. The summed E-state index contributed by atoms with van der Waals surface area (Å²) < 4.78 is 5.23. The van der Waals surface area contributed by atoms with Crippen molar-refractivity contribution in [2.24, 2.45) is 5.10 Å². The quantitative estimate of drug-likeness (QED) is 0.350. The average Bonchev–Trinajstić information content (AvgIpc) is 2.48. The van der Waals surface area contributed by atoms with E-state index in [-0.39, 0.29) is 0 Å². The second-order valence-corrected chi connectivity index (χ2v) is 4.60. The van der Waals surface area contributed by atoms with Crippen LogP contribution in [0.5, 0.6) is 5.75 Å². The fourth-order valence-electron chi connectivity index (χ4n) is 1.70. The van der Waals surface area contributed by atoms with Gasteiger partial charge in [-0.2, -0.15) is 5.10 Å². The fourth-order valence-corrected chi connectivity index (χ4v) is 1.87. The van der Waals surface area contributed by atoms with Gasteiger partial charge in [-0.05, 0) is 42.0 Å². The zero-order valence-corrected chi connectivity index (χ0v) is 12.4. The van der Waals surface area contributed by atoms with Crippen LogP contribution in [0, 0.1) is 0 Å². The van der Waals surface area contributed by atoms with Gasteiger partial charge in [0.25, 0.3) is 0 Å². The molecule has 21 heavy (non-hydrogen) atoms. The van der Waals surface area contributed by atoms with Gasteiger partial charge in [0.2, 0.25) is 0 Å². The molecule has 2 rings (SSSR count). The summed E-state index contributed by atoms with van der Waals surface area (Å²) >= 11 is 5.17. The summed E-state index contributed by atoms with van der Waals surface area (Å²) in [7, 11) is 1.61. The van der Waals surface area contributed by atoms with Gasteiger partial charge in [0.05, 0.1) is 19.0 Å². The number of ether oxygens (including phenoxy) is 1. The molecule has 0 amide bonds. The molecule has 0 aromatic heterocycles. The molecule has 0 aliphatic rings. The Morgan fingerprint density at radius 1 is 1.24 bits per heavy atom. The first-order valence-corrected chi connectivity index (χ1v) is 6.68. The van der Waals surface area contributed by atoms with Crippen LogP contribution in [-0.4, -0.2) is 18.4 Å². The van der Waals surface area contributed by atoms with Crippen LogP contribution in [0.4, 0.5) is 11.4 Å². The van der Waals surface area contributed by atoms with Crippen molar-refractivity contribution in [1.82, 2.24) is 5.43 Å². The third-order valence-corrected chi connectivity index (χ3v) is 2.84. The molecule has 5 nitrogen and oxygen atoms in total. The van der Waals surface area contributed by atoms with E-state index < -0.39 is 0 Å². The molecular formula is C15H16N4OS. The molecule has 0 atom stereocenters. The molecule has 0 aliphatic heterocycles. The molecule has 2 aromatic rings. The molecule has 0 bridgehead atoms. The van der Waals surface area contributed by atoms with E-state index in [9.17, 15) is 0 Å². The van der Waals surface area contributed by atoms with Gasteiger partial charge in [0.1, 0.15) is 5.75 Å². The average molecular weight is 300 g/mol. The van der Waals surface area contributed by atoms with Crippen molar-refractivity contribution >= 4 is 34.9 Å². The summed E-state index contributed by atoms with van der Waals surface area (Å²) in [4.78, 5) is 0. The van der Waals surface area contributed by atoms with Crippen molar-refractivity contribution in [2.45, 2.75) is 0 Å². The van der Waals surface area contributed by atoms with Crippen molar-refractivity contribution in [1.29, 1.82) is 0 Å². The monoisotopic (exact) mass is 300 g/mol. The maximum Gasteiger partial charge on any atom is 0.191 e. The molecule has 0 heterocycles. The van der Waals surface area contributed by atoms with Crippen LogP contribution in [0.25, 0.3) is 0 Å². The minimum absolute atomic E-state index is 0.375. The lowest BCUT2D eigenvalue weighted by molar-refractivity contribution is 0.417. The SMILES string of the molecule is COc1ccccc1NC(=S)NN=Cc1cccc(N)c1. The van der Waals surface area contributed by atoms with Gasteiger partial charge in [-0.15, -0.1) is 0 Å². The van der Waals surface area contributed by atoms with E-state index in [1.807, 2.05) is 48.5 Å². The first-order chi connectivity index (χ1) is 10.2. The predicted molar refractivity (Wildman–Crippen MR) is 90.8 cm³/mol. The highest BCUT2D eigenvalue weighted by Gasteiger charge is 2.02. The van der Waals surface area contributed by atoms with Crippen molar-refractivity contribution in [3.8, 4) is 5.75 Å². The topological polar surface area (TPSA) is 71.7 Å². The molecule has 2 aromatic carbocycles. The number of para-hydroxylation sites is 2. The number of hydrazone groups is 1. The number of rotatable bonds is 4. The van der Waals surface area contributed by atoms with Crippen molar-refractivity contribution < 1.29 is 4.74 Å². The van der Waals surface area contributed by atoms with Gasteiger partial charge in [-0.25, -0.2) is 0 Å². The van der Waals surface area contributed by atoms with E-state index in [0.717, 1.165) is 11.3 Å². The predicted octanol–water partition coefficient (Wildman–Crippen LogP) is 2.60. The number of methoxy groups -OCH3 is 1. The number of hydrogen-bond acceptors (Lipinski definition) is 4.